The van der Waals surface area contributed by atoms with Crippen molar-refractivity contribution < 1.29 is 23.2 Å². The van der Waals surface area contributed by atoms with Gasteiger partial charge in [0.2, 0.25) is 5.82 Å². The number of amides is 2. The van der Waals surface area contributed by atoms with Gasteiger partial charge in [-0.2, -0.15) is 4.98 Å². The highest BCUT2D eigenvalue weighted by Gasteiger charge is 2.35. The fourth-order valence-corrected chi connectivity index (χ4v) is 3.95. The number of nitrogens with one attached hydrogen (secondary N) is 1. The maximum Gasteiger partial charge on any atom is 0.322 e. The Morgan fingerprint density at radius 1 is 1.21 bits per heavy atom. The number of rotatable bonds is 9. The van der Waals surface area contributed by atoms with E-state index in [0.29, 0.717) is 43.0 Å². The van der Waals surface area contributed by atoms with Crippen LogP contribution in [0.3, 0.4) is 0 Å². The SMILES string of the molecule is CCOc1ccc(C2NC(=O)N(CCCOC)C(C)=C2c2nc(-c3cccc(F)c3)no2)cc1. The maximum absolute atomic E-state index is 13.7. The van der Waals surface area contributed by atoms with Crippen molar-refractivity contribution in [3.05, 3.63) is 71.5 Å². The molecule has 2 aromatic carbocycles. The van der Waals surface area contributed by atoms with Crippen LogP contribution in [0.2, 0.25) is 0 Å². The van der Waals surface area contributed by atoms with Gasteiger partial charge in [0.05, 0.1) is 18.2 Å². The van der Waals surface area contributed by atoms with E-state index >= 15 is 0 Å². The summed E-state index contributed by atoms with van der Waals surface area (Å²) in [5, 5.41) is 7.12. The van der Waals surface area contributed by atoms with Crippen LogP contribution < -0.4 is 10.1 Å². The van der Waals surface area contributed by atoms with E-state index in [2.05, 4.69) is 15.5 Å². The van der Waals surface area contributed by atoms with E-state index in [4.69, 9.17) is 14.0 Å². The predicted octanol–water partition coefficient (Wildman–Crippen LogP) is 4.81. The summed E-state index contributed by atoms with van der Waals surface area (Å²) in [6.45, 7) is 5.33. The number of aromatic nitrogens is 2. The summed E-state index contributed by atoms with van der Waals surface area (Å²) >= 11 is 0. The molecule has 1 unspecified atom stereocenters. The molecule has 3 aromatic rings. The molecule has 2 amide bonds. The Labute approximate surface area is 197 Å². The van der Waals surface area contributed by atoms with Crippen LogP contribution in [0.1, 0.15) is 37.8 Å². The van der Waals surface area contributed by atoms with E-state index in [1.165, 1.54) is 12.1 Å². The highest BCUT2D eigenvalue weighted by atomic mass is 19.1. The van der Waals surface area contributed by atoms with Gasteiger partial charge in [0.25, 0.3) is 5.89 Å². The summed E-state index contributed by atoms with van der Waals surface area (Å²) in [4.78, 5) is 19.2. The van der Waals surface area contributed by atoms with Gasteiger partial charge in [0.1, 0.15) is 11.6 Å². The molecule has 34 heavy (non-hydrogen) atoms. The van der Waals surface area contributed by atoms with Crippen molar-refractivity contribution >= 4 is 11.6 Å². The Morgan fingerprint density at radius 2 is 2.00 bits per heavy atom. The number of hydrogen-bond donors (Lipinski definition) is 1. The number of carbonyl (C=O) groups excluding carboxylic acids is 1. The van der Waals surface area contributed by atoms with Crippen molar-refractivity contribution in [2.24, 2.45) is 0 Å². The highest BCUT2D eigenvalue weighted by molar-refractivity contribution is 5.86. The van der Waals surface area contributed by atoms with Gasteiger partial charge in [-0.05, 0) is 50.1 Å². The average Bonchev–Trinajstić information content (AvgIpc) is 3.31. The number of halogens is 1. The molecule has 8 nitrogen and oxygen atoms in total. The predicted molar refractivity (Wildman–Crippen MR) is 124 cm³/mol. The summed E-state index contributed by atoms with van der Waals surface area (Å²) in [7, 11) is 1.62. The van der Waals surface area contributed by atoms with Gasteiger partial charge in [0, 0.05) is 31.5 Å². The van der Waals surface area contributed by atoms with Gasteiger partial charge in [-0.3, -0.25) is 4.90 Å². The molecule has 4 rings (SSSR count). The van der Waals surface area contributed by atoms with Crippen LogP contribution >= 0.6 is 0 Å². The molecule has 178 valence electrons. The largest absolute Gasteiger partial charge is 0.494 e. The fourth-order valence-electron chi connectivity index (χ4n) is 3.95. The molecule has 1 atom stereocenters. The summed E-state index contributed by atoms with van der Waals surface area (Å²) < 4.78 is 30.0. The first-order chi connectivity index (χ1) is 16.5. The van der Waals surface area contributed by atoms with Gasteiger partial charge in [-0.25, -0.2) is 9.18 Å². The molecule has 0 fully saturated rings. The van der Waals surface area contributed by atoms with Crippen molar-refractivity contribution in [1.82, 2.24) is 20.4 Å². The number of hydrogen-bond acceptors (Lipinski definition) is 6. The molecule has 1 N–H and O–H groups in total. The number of methoxy groups -OCH3 is 1. The van der Waals surface area contributed by atoms with Gasteiger partial charge in [0.15, 0.2) is 0 Å². The normalized spacial score (nSPS) is 16.1. The van der Waals surface area contributed by atoms with E-state index in [0.717, 1.165) is 11.3 Å². The monoisotopic (exact) mass is 466 g/mol. The second kappa shape index (κ2) is 10.5. The topological polar surface area (TPSA) is 89.7 Å². The van der Waals surface area contributed by atoms with Crippen LogP contribution in [0.25, 0.3) is 17.0 Å². The molecule has 0 saturated carbocycles. The number of urea groups is 1. The molecule has 0 spiro atoms. The first-order valence-corrected chi connectivity index (χ1v) is 11.1. The second-order valence-corrected chi connectivity index (χ2v) is 7.82. The number of carbonyl (C=O) groups is 1. The Balaban J connectivity index is 1.75. The Hall–Kier alpha value is -3.72. The van der Waals surface area contributed by atoms with E-state index < -0.39 is 6.04 Å². The van der Waals surface area contributed by atoms with Crippen molar-refractivity contribution in [2.75, 3.05) is 26.9 Å². The maximum atomic E-state index is 13.7. The number of allylic oxidation sites excluding steroid dienone is 1. The van der Waals surface area contributed by atoms with Gasteiger partial charge >= 0.3 is 6.03 Å². The Bertz CT molecular complexity index is 1180. The quantitative estimate of drug-likeness (QED) is 0.455. The lowest BCUT2D eigenvalue weighted by molar-refractivity contribution is 0.174. The zero-order valence-corrected chi connectivity index (χ0v) is 19.4. The first-order valence-electron chi connectivity index (χ1n) is 11.1. The van der Waals surface area contributed by atoms with Crippen molar-refractivity contribution in [2.45, 2.75) is 26.3 Å². The van der Waals surface area contributed by atoms with Crippen LogP contribution in [-0.2, 0) is 4.74 Å². The average molecular weight is 467 g/mol. The molecule has 9 heteroatoms. The van der Waals surface area contributed by atoms with Crippen LogP contribution in [0, 0.1) is 5.82 Å². The Kier molecular flexibility index (Phi) is 7.22. The number of benzene rings is 2. The molecule has 0 aliphatic carbocycles. The smallest absolute Gasteiger partial charge is 0.322 e. The molecule has 0 bridgehead atoms. The molecule has 0 saturated heterocycles. The summed E-state index contributed by atoms with van der Waals surface area (Å²) in [5.41, 5.74) is 2.72. The molecule has 1 aromatic heterocycles. The summed E-state index contributed by atoms with van der Waals surface area (Å²) in [5.74, 6) is 0.874. The fraction of sp³-hybridized carbons (Fsp3) is 0.320. The summed E-state index contributed by atoms with van der Waals surface area (Å²) in [6.07, 6.45) is 0.667. The number of nitrogens with zero attached hydrogens (tertiary/aromatic N) is 3. The van der Waals surface area contributed by atoms with Crippen molar-refractivity contribution in [3.63, 3.8) is 0 Å². The van der Waals surface area contributed by atoms with E-state index in [-0.39, 0.29) is 23.6 Å². The zero-order chi connectivity index (χ0) is 24.1. The van der Waals surface area contributed by atoms with Gasteiger partial charge in [-0.1, -0.05) is 29.4 Å². The minimum absolute atomic E-state index is 0.221. The molecular formula is C25H27FN4O4. The zero-order valence-electron chi connectivity index (χ0n) is 19.4. The first kappa shape index (κ1) is 23.4. The number of ether oxygens (including phenoxy) is 2. The van der Waals surface area contributed by atoms with Crippen LogP contribution in [-0.4, -0.2) is 47.9 Å². The Morgan fingerprint density at radius 3 is 2.71 bits per heavy atom. The minimum Gasteiger partial charge on any atom is -0.494 e. The molecule has 2 heterocycles. The molecular weight excluding hydrogens is 439 g/mol. The van der Waals surface area contributed by atoms with Crippen LogP contribution in [0.15, 0.2) is 58.8 Å². The summed E-state index contributed by atoms with van der Waals surface area (Å²) in [6, 6.07) is 12.8. The third-order valence-electron chi connectivity index (χ3n) is 5.59. The van der Waals surface area contributed by atoms with Crippen molar-refractivity contribution in [3.8, 4) is 17.1 Å². The van der Waals surface area contributed by atoms with Crippen molar-refractivity contribution in [1.29, 1.82) is 0 Å². The van der Waals surface area contributed by atoms with E-state index in [9.17, 15) is 9.18 Å². The molecule has 1 aliphatic heterocycles. The van der Waals surface area contributed by atoms with Gasteiger partial charge in [-0.15, -0.1) is 0 Å². The second-order valence-electron chi connectivity index (χ2n) is 7.82. The lowest BCUT2D eigenvalue weighted by atomic mass is 9.94. The third kappa shape index (κ3) is 4.94. The lowest BCUT2D eigenvalue weighted by Gasteiger charge is -2.35. The van der Waals surface area contributed by atoms with E-state index in [1.54, 1.807) is 24.1 Å². The van der Waals surface area contributed by atoms with Crippen LogP contribution in [0.4, 0.5) is 9.18 Å². The third-order valence-corrected chi connectivity index (χ3v) is 5.59. The van der Waals surface area contributed by atoms with E-state index in [1.807, 2.05) is 38.1 Å². The minimum atomic E-state index is -0.511. The highest BCUT2D eigenvalue weighted by Crippen LogP contribution is 2.37. The van der Waals surface area contributed by atoms with Gasteiger partial charge < -0.3 is 19.3 Å². The lowest BCUT2D eigenvalue weighted by Crippen LogP contribution is -2.46. The molecule has 1 aliphatic rings. The molecule has 0 radical (unpaired) electrons. The van der Waals surface area contributed by atoms with Crippen LogP contribution in [0.5, 0.6) is 5.75 Å². The standard InChI is InChI=1S/C25H27FN4O4/c1-4-33-20-11-9-17(10-12-20)22-21(16(2)30(25(31)27-22)13-6-14-32-3)24-28-23(29-34-24)18-7-5-8-19(26)15-18/h5,7-12,15,22H,4,6,13-14H2,1-3H3,(H,27,31).